The Labute approximate surface area is 259 Å². The molecule has 0 radical (unpaired) electrons. The first-order valence-corrected chi connectivity index (χ1v) is 15.4. The van der Waals surface area contributed by atoms with Gasteiger partial charge in [0.05, 0.1) is 19.1 Å². The van der Waals surface area contributed by atoms with Gasteiger partial charge in [0.25, 0.3) is 0 Å². The summed E-state index contributed by atoms with van der Waals surface area (Å²) >= 11 is 0. The van der Waals surface area contributed by atoms with Crippen LogP contribution >= 0.6 is 0 Å². The van der Waals surface area contributed by atoms with Gasteiger partial charge in [-0.3, -0.25) is 19.2 Å². The highest BCUT2D eigenvalue weighted by atomic mass is 16.6. The number of rotatable bonds is 8. The van der Waals surface area contributed by atoms with Crippen LogP contribution in [0.25, 0.3) is 0 Å². The van der Waals surface area contributed by atoms with Crippen molar-refractivity contribution in [1.29, 1.82) is 0 Å². The molecule has 0 spiro atoms. The quantitative estimate of drug-likeness (QED) is 0.336. The van der Waals surface area contributed by atoms with Gasteiger partial charge in [-0.15, -0.1) is 0 Å². The minimum atomic E-state index is -0.851. The van der Waals surface area contributed by atoms with Crippen LogP contribution in [-0.2, 0) is 35.1 Å². The van der Waals surface area contributed by atoms with Crippen molar-refractivity contribution in [3.05, 3.63) is 77.9 Å². The maximum absolute atomic E-state index is 13.5. The molecule has 2 N–H and O–H groups in total. The van der Waals surface area contributed by atoms with E-state index in [4.69, 9.17) is 14.2 Å². The molecular formula is C35H44N2O7. The summed E-state index contributed by atoms with van der Waals surface area (Å²) in [5, 5.41) is 5.58. The number of benzene rings is 2. The van der Waals surface area contributed by atoms with Crippen molar-refractivity contribution in [2.75, 3.05) is 13.7 Å². The lowest BCUT2D eigenvalue weighted by atomic mass is 9.90. The number of methoxy groups -OCH3 is 1. The molecule has 2 heterocycles. The molecule has 6 atom stereocenters. The summed E-state index contributed by atoms with van der Waals surface area (Å²) in [6.07, 6.45) is 3.40. The van der Waals surface area contributed by atoms with E-state index in [9.17, 15) is 19.2 Å². The molecule has 0 aromatic heterocycles. The summed E-state index contributed by atoms with van der Waals surface area (Å²) in [5.74, 6) is -1.27. The van der Waals surface area contributed by atoms with Crippen molar-refractivity contribution in [2.45, 2.75) is 77.2 Å². The second kappa shape index (κ2) is 15.7. The minimum Gasteiger partial charge on any atom is -0.497 e. The molecule has 9 nitrogen and oxygen atoms in total. The van der Waals surface area contributed by atoms with E-state index < -0.39 is 29.9 Å². The zero-order valence-corrected chi connectivity index (χ0v) is 26.0. The van der Waals surface area contributed by atoms with Crippen LogP contribution in [0.5, 0.6) is 5.75 Å². The number of cyclic esters (lactones) is 1. The Morgan fingerprint density at radius 2 is 1.70 bits per heavy atom. The molecule has 2 aliphatic rings. The first-order chi connectivity index (χ1) is 21.1. The van der Waals surface area contributed by atoms with Gasteiger partial charge in [0.2, 0.25) is 11.8 Å². The van der Waals surface area contributed by atoms with E-state index in [-0.39, 0.29) is 68.0 Å². The van der Waals surface area contributed by atoms with E-state index in [0.717, 1.165) is 11.1 Å². The summed E-state index contributed by atoms with van der Waals surface area (Å²) in [7, 11) is 1.58. The molecule has 0 bridgehead atoms. The van der Waals surface area contributed by atoms with Crippen LogP contribution < -0.4 is 15.4 Å². The number of hydrogen-bond acceptors (Lipinski definition) is 7. The zero-order valence-electron chi connectivity index (χ0n) is 26.0. The molecule has 0 aliphatic carbocycles. The summed E-state index contributed by atoms with van der Waals surface area (Å²) in [5.41, 5.74) is 1.90. The third-order valence-corrected chi connectivity index (χ3v) is 8.16. The van der Waals surface area contributed by atoms with Crippen molar-refractivity contribution in [3.63, 3.8) is 0 Å². The van der Waals surface area contributed by atoms with Crippen LogP contribution in [0.3, 0.4) is 0 Å². The number of carbonyl (C=O) groups excluding carboxylic acids is 4. The SMILES string of the molecule is COc1ccc(CC2NC(=O)/C=C/C[C@@H]([C@H](C)[C@H]3O[C@@H]3c3ccccc3)OC(=O)[C@H](CC(C)C)CC(=O)CCNC2=O)cc1. The van der Waals surface area contributed by atoms with Gasteiger partial charge >= 0.3 is 5.97 Å². The number of epoxide rings is 1. The molecule has 4 rings (SSSR count). The monoisotopic (exact) mass is 604 g/mol. The predicted octanol–water partition coefficient (Wildman–Crippen LogP) is 4.50. The highest BCUT2D eigenvalue weighted by Gasteiger charge is 2.47. The molecule has 236 valence electrons. The summed E-state index contributed by atoms with van der Waals surface area (Å²) in [4.78, 5) is 52.6. The highest BCUT2D eigenvalue weighted by Crippen LogP contribution is 2.45. The Morgan fingerprint density at radius 3 is 2.39 bits per heavy atom. The Kier molecular flexibility index (Phi) is 11.7. The van der Waals surface area contributed by atoms with Crippen molar-refractivity contribution in [3.8, 4) is 5.75 Å². The lowest BCUT2D eigenvalue weighted by Gasteiger charge is -2.26. The molecule has 2 aliphatic heterocycles. The summed E-state index contributed by atoms with van der Waals surface area (Å²) in [6.45, 7) is 6.09. The molecule has 2 aromatic rings. The maximum Gasteiger partial charge on any atom is 0.309 e. The number of amides is 2. The van der Waals surface area contributed by atoms with E-state index in [0.29, 0.717) is 12.2 Å². The second-order valence-corrected chi connectivity index (χ2v) is 12.1. The first kappa shape index (κ1) is 32.9. The van der Waals surface area contributed by atoms with Gasteiger partial charge in [-0.2, -0.15) is 0 Å². The summed E-state index contributed by atoms with van der Waals surface area (Å²) in [6, 6.07) is 16.3. The largest absolute Gasteiger partial charge is 0.497 e. The van der Waals surface area contributed by atoms with Crippen molar-refractivity contribution < 1.29 is 33.4 Å². The van der Waals surface area contributed by atoms with Crippen LogP contribution in [0.15, 0.2) is 66.7 Å². The molecule has 2 aromatic carbocycles. The molecule has 1 unspecified atom stereocenters. The Bertz CT molecular complexity index is 1310. The van der Waals surface area contributed by atoms with E-state index >= 15 is 0 Å². The normalized spacial score (nSPS) is 26.7. The number of carbonyl (C=O) groups is 4. The number of ketones is 1. The number of hydrogen-bond donors (Lipinski definition) is 2. The number of Topliss-reactive ketones (excluding diaryl/α,β-unsaturated/α-hetero) is 1. The molecule has 1 fully saturated rings. The first-order valence-electron chi connectivity index (χ1n) is 15.4. The number of ether oxygens (including phenoxy) is 3. The maximum atomic E-state index is 13.5. The summed E-state index contributed by atoms with van der Waals surface area (Å²) < 4.78 is 17.3. The Balaban J connectivity index is 1.54. The van der Waals surface area contributed by atoms with Crippen molar-refractivity contribution in [2.24, 2.45) is 17.8 Å². The second-order valence-electron chi connectivity index (χ2n) is 12.1. The number of nitrogens with one attached hydrogen (secondary N) is 2. The minimum absolute atomic E-state index is 0.0441. The predicted molar refractivity (Wildman–Crippen MR) is 166 cm³/mol. The van der Waals surface area contributed by atoms with Crippen LogP contribution in [0.4, 0.5) is 0 Å². The van der Waals surface area contributed by atoms with Gasteiger partial charge < -0.3 is 24.8 Å². The van der Waals surface area contributed by atoms with Crippen LogP contribution in [0.2, 0.25) is 0 Å². The fourth-order valence-corrected chi connectivity index (χ4v) is 5.65. The molecule has 1 saturated heterocycles. The van der Waals surface area contributed by atoms with Gasteiger partial charge in [-0.05, 0) is 41.7 Å². The fourth-order valence-electron chi connectivity index (χ4n) is 5.65. The Morgan fingerprint density at radius 1 is 0.977 bits per heavy atom. The van der Waals surface area contributed by atoms with E-state index in [1.165, 1.54) is 6.08 Å². The molecule has 2 amide bonds. The zero-order chi connectivity index (χ0) is 31.6. The van der Waals surface area contributed by atoms with Crippen LogP contribution in [0, 0.1) is 17.8 Å². The van der Waals surface area contributed by atoms with E-state index in [1.54, 1.807) is 25.3 Å². The van der Waals surface area contributed by atoms with Gasteiger partial charge in [0.15, 0.2) is 0 Å². The van der Waals surface area contributed by atoms with Gasteiger partial charge in [0.1, 0.15) is 29.8 Å². The van der Waals surface area contributed by atoms with E-state index in [2.05, 4.69) is 10.6 Å². The Hall–Kier alpha value is -3.98. The van der Waals surface area contributed by atoms with Crippen molar-refractivity contribution >= 4 is 23.6 Å². The van der Waals surface area contributed by atoms with Crippen LogP contribution in [-0.4, -0.2) is 55.5 Å². The van der Waals surface area contributed by atoms with Gasteiger partial charge in [-0.25, -0.2) is 0 Å². The van der Waals surface area contributed by atoms with Gasteiger partial charge in [0, 0.05) is 38.1 Å². The third kappa shape index (κ3) is 9.51. The molecule has 9 heteroatoms. The lowest BCUT2D eigenvalue weighted by Crippen LogP contribution is -2.48. The molecule has 44 heavy (non-hydrogen) atoms. The average molecular weight is 605 g/mol. The standard InChI is InChI=1S/C35H44N2O7/c1-22(2)19-26-21-27(38)17-18-36-34(40)29(20-24-13-15-28(42-4)16-14-24)37-31(39)12-8-11-30(43-35(26)41)23(3)32-33(44-32)25-9-6-5-7-10-25/h5-10,12-16,22-23,26,29-30,32-33H,11,17-21H2,1-4H3,(H,36,40)(H,37,39)/b12-8+/t23-,26+,29?,30-,32+,33+/m0/s1. The number of esters is 1. The third-order valence-electron chi connectivity index (χ3n) is 8.16. The average Bonchev–Trinajstić information content (AvgIpc) is 3.81. The van der Waals surface area contributed by atoms with Gasteiger partial charge in [-0.1, -0.05) is 69.3 Å². The van der Waals surface area contributed by atoms with E-state index in [1.807, 2.05) is 63.2 Å². The highest BCUT2D eigenvalue weighted by molar-refractivity contribution is 5.93. The fraction of sp³-hybridized carbons (Fsp3) is 0.486. The van der Waals surface area contributed by atoms with Crippen LogP contribution in [0.1, 0.15) is 63.7 Å². The molecule has 0 saturated carbocycles. The van der Waals surface area contributed by atoms with Crippen molar-refractivity contribution in [1.82, 2.24) is 10.6 Å². The lowest BCUT2D eigenvalue weighted by molar-refractivity contribution is -0.158. The molecular weight excluding hydrogens is 560 g/mol. The smallest absolute Gasteiger partial charge is 0.309 e. The topological polar surface area (TPSA) is 123 Å².